The van der Waals surface area contributed by atoms with Crippen LogP contribution < -0.4 is 0 Å². The van der Waals surface area contributed by atoms with Crippen LogP contribution in [0, 0.1) is 0 Å². The highest BCUT2D eigenvalue weighted by Crippen LogP contribution is 2.14. The minimum absolute atomic E-state index is 0. The van der Waals surface area contributed by atoms with Crippen molar-refractivity contribution >= 4 is 35.7 Å². The van der Waals surface area contributed by atoms with Gasteiger partial charge in [-0.25, -0.2) is 4.98 Å². The van der Waals surface area contributed by atoms with Crippen LogP contribution in [-0.2, 0) is 6.54 Å². The Balaban J connectivity index is 0.000000810. The summed E-state index contributed by atoms with van der Waals surface area (Å²) in [6, 6.07) is 10.4. The van der Waals surface area contributed by atoms with Crippen molar-refractivity contribution < 1.29 is 0 Å². The maximum atomic E-state index is 4.30. The molecule has 0 atom stereocenters. The minimum Gasteiger partial charge on any atom is -0.333 e. The number of benzene rings is 1. The highest BCUT2D eigenvalue weighted by molar-refractivity contribution is 5.85. The van der Waals surface area contributed by atoms with Crippen LogP contribution in [0.1, 0.15) is 5.56 Å². The first kappa shape index (κ1) is 14.5. The first-order valence-electron chi connectivity index (χ1n) is 5.21. The molecule has 0 saturated carbocycles. The summed E-state index contributed by atoms with van der Waals surface area (Å²) < 4.78 is 2.05. The van der Waals surface area contributed by atoms with Crippen LogP contribution in [0.4, 0.5) is 0 Å². The summed E-state index contributed by atoms with van der Waals surface area (Å²) in [5.74, 6) is 0. The summed E-state index contributed by atoms with van der Waals surface area (Å²) in [5.41, 5.74) is 2.30. The number of nitrogens with zero attached hydrogens (tertiary/aromatic N) is 3. The maximum absolute atomic E-state index is 4.30. The van der Waals surface area contributed by atoms with Gasteiger partial charge in [-0.3, -0.25) is 4.98 Å². The van der Waals surface area contributed by atoms with Crippen molar-refractivity contribution in [2.24, 2.45) is 0 Å². The third-order valence-electron chi connectivity index (χ3n) is 2.59. The second-order valence-electron chi connectivity index (χ2n) is 3.77. The zero-order chi connectivity index (χ0) is 10.8. The van der Waals surface area contributed by atoms with E-state index in [4.69, 9.17) is 0 Å². The molecule has 0 bridgehead atoms. The van der Waals surface area contributed by atoms with Crippen molar-refractivity contribution in [3.05, 3.63) is 60.8 Å². The van der Waals surface area contributed by atoms with Crippen LogP contribution in [0.25, 0.3) is 10.9 Å². The van der Waals surface area contributed by atoms with E-state index in [9.17, 15) is 0 Å². The number of aromatic nitrogens is 3. The summed E-state index contributed by atoms with van der Waals surface area (Å²) in [7, 11) is 0. The molecule has 2 heterocycles. The van der Waals surface area contributed by atoms with E-state index in [1.54, 1.807) is 6.20 Å². The third-order valence-corrected chi connectivity index (χ3v) is 2.59. The molecule has 0 spiro atoms. The molecule has 0 saturated heterocycles. The lowest BCUT2D eigenvalue weighted by Gasteiger charge is -2.03. The average Bonchev–Trinajstić information content (AvgIpc) is 2.82. The van der Waals surface area contributed by atoms with Crippen LogP contribution >= 0.6 is 24.8 Å². The summed E-state index contributed by atoms with van der Waals surface area (Å²) >= 11 is 0. The molecule has 0 fully saturated rings. The maximum Gasteiger partial charge on any atom is 0.0949 e. The molecular formula is C13H13Cl2N3. The predicted octanol–water partition coefficient (Wildman–Crippen LogP) is 3.32. The SMILES string of the molecule is Cl.Cl.c1cnc2ccc(Cn3ccnc3)cc2c1. The van der Waals surface area contributed by atoms with Crippen LogP contribution in [0.15, 0.2) is 55.2 Å². The molecule has 0 aliphatic rings. The van der Waals surface area contributed by atoms with E-state index in [-0.39, 0.29) is 24.8 Å². The second-order valence-corrected chi connectivity index (χ2v) is 3.77. The molecule has 5 heteroatoms. The topological polar surface area (TPSA) is 30.7 Å². The van der Waals surface area contributed by atoms with E-state index in [2.05, 4.69) is 38.8 Å². The van der Waals surface area contributed by atoms with Crippen LogP contribution in [0.2, 0.25) is 0 Å². The number of imidazole rings is 1. The summed E-state index contributed by atoms with van der Waals surface area (Å²) in [6.07, 6.45) is 7.40. The number of fused-ring (bicyclic) bond motifs is 1. The standard InChI is InChI=1S/C13H11N3.2ClH/c1-2-12-8-11(3-4-13(12)15-5-1)9-16-7-6-14-10-16;;/h1-8,10H,9H2;2*1H. The Morgan fingerprint density at radius 1 is 1.06 bits per heavy atom. The van der Waals surface area contributed by atoms with Gasteiger partial charge in [-0.15, -0.1) is 24.8 Å². The number of halogens is 2. The molecule has 0 unspecified atom stereocenters. The second kappa shape index (κ2) is 6.38. The Kier molecular flexibility index (Phi) is 5.13. The molecule has 3 aromatic rings. The number of rotatable bonds is 2. The molecular weight excluding hydrogens is 269 g/mol. The fourth-order valence-corrected chi connectivity index (χ4v) is 1.81. The van der Waals surface area contributed by atoms with Crippen molar-refractivity contribution in [1.82, 2.24) is 14.5 Å². The molecule has 2 aromatic heterocycles. The van der Waals surface area contributed by atoms with Gasteiger partial charge >= 0.3 is 0 Å². The van der Waals surface area contributed by atoms with Crippen LogP contribution in [0.5, 0.6) is 0 Å². The molecule has 3 nitrogen and oxygen atoms in total. The van der Waals surface area contributed by atoms with Gasteiger partial charge in [0.25, 0.3) is 0 Å². The van der Waals surface area contributed by atoms with E-state index in [1.165, 1.54) is 10.9 Å². The molecule has 0 amide bonds. The molecule has 1 aromatic carbocycles. The number of hydrogen-bond donors (Lipinski definition) is 0. The van der Waals surface area contributed by atoms with Gasteiger partial charge in [0.05, 0.1) is 11.8 Å². The summed E-state index contributed by atoms with van der Waals surface area (Å²) in [4.78, 5) is 8.33. The Morgan fingerprint density at radius 3 is 2.72 bits per heavy atom. The fourth-order valence-electron chi connectivity index (χ4n) is 1.81. The number of pyridine rings is 1. The van der Waals surface area contributed by atoms with Gasteiger partial charge in [-0.1, -0.05) is 12.1 Å². The molecule has 0 N–H and O–H groups in total. The predicted molar refractivity (Wildman–Crippen MR) is 77.6 cm³/mol. The van der Waals surface area contributed by atoms with Gasteiger partial charge in [-0.05, 0) is 23.8 Å². The lowest BCUT2D eigenvalue weighted by molar-refractivity contribution is 0.798. The van der Waals surface area contributed by atoms with E-state index >= 15 is 0 Å². The third kappa shape index (κ3) is 3.00. The molecule has 0 radical (unpaired) electrons. The smallest absolute Gasteiger partial charge is 0.0949 e. The molecule has 94 valence electrons. The van der Waals surface area contributed by atoms with Crippen molar-refractivity contribution in [1.29, 1.82) is 0 Å². The fraction of sp³-hybridized carbons (Fsp3) is 0.0769. The molecule has 0 aliphatic heterocycles. The Labute approximate surface area is 118 Å². The normalized spacial score (nSPS) is 9.56. The first-order valence-corrected chi connectivity index (χ1v) is 5.21. The lowest BCUT2D eigenvalue weighted by Crippen LogP contribution is -1.96. The minimum atomic E-state index is 0. The summed E-state index contributed by atoms with van der Waals surface area (Å²) in [5, 5.41) is 1.18. The van der Waals surface area contributed by atoms with Gasteiger partial charge in [0.1, 0.15) is 0 Å². The molecule has 18 heavy (non-hydrogen) atoms. The Bertz CT molecular complexity index is 608. The quantitative estimate of drug-likeness (QED) is 0.722. The highest BCUT2D eigenvalue weighted by Gasteiger charge is 1.97. The highest BCUT2D eigenvalue weighted by atomic mass is 35.5. The van der Waals surface area contributed by atoms with E-state index in [0.717, 1.165) is 12.1 Å². The van der Waals surface area contributed by atoms with Crippen LogP contribution in [0.3, 0.4) is 0 Å². The van der Waals surface area contributed by atoms with Crippen molar-refractivity contribution in [3.8, 4) is 0 Å². The zero-order valence-corrected chi connectivity index (χ0v) is 11.2. The van der Waals surface area contributed by atoms with Gasteiger partial charge in [0.2, 0.25) is 0 Å². The van der Waals surface area contributed by atoms with Gasteiger partial charge in [-0.2, -0.15) is 0 Å². The number of hydrogen-bond acceptors (Lipinski definition) is 2. The van der Waals surface area contributed by atoms with E-state index in [1.807, 2.05) is 24.8 Å². The van der Waals surface area contributed by atoms with E-state index < -0.39 is 0 Å². The van der Waals surface area contributed by atoms with Crippen molar-refractivity contribution in [3.63, 3.8) is 0 Å². The van der Waals surface area contributed by atoms with Crippen molar-refractivity contribution in [2.75, 3.05) is 0 Å². The largest absolute Gasteiger partial charge is 0.333 e. The van der Waals surface area contributed by atoms with Gasteiger partial charge in [0, 0.05) is 30.5 Å². The van der Waals surface area contributed by atoms with Gasteiger partial charge in [0.15, 0.2) is 0 Å². The summed E-state index contributed by atoms with van der Waals surface area (Å²) in [6.45, 7) is 0.852. The van der Waals surface area contributed by atoms with Crippen LogP contribution in [-0.4, -0.2) is 14.5 Å². The zero-order valence-electron chi connectivity index (χ0n) is 9.56. The lowest BCUT2D eigenvalue weighted by atomic mass is 10.1. The monoisotopic (exact) mass is 281 g/mol. The average molecular weight is 282 g/mol. The van der Waals surface area contributed by atoms with Crippen molar-refractivity contribution in [2.45, 2.75) is 6.54 Å². The Morgan fingerprint density at radius 2 is 1.94 bits per heavy atom. The molecule has 3 rings (SSSR count). The van der Waals surface area contributed by atoms with Gasteiger partial charge < -0.3 is 4.57 Å². The molecule has 0 aliphatic carbocycles. The van der Waals surface area contributed by atoms with E-state index in [0.29, 0.717) is 0 Å². The Hall–Kier alpha value is -1.58. The first-order chi connectivity index (χ1) is 7.92.